The number of fused-ring (bicyclic) bond motifs is 3. The molecule has 0 aliphatic carbocycles. The molecule has 2 aromatic carbocycles. The number of morpholine rings is 1. The summed E-state index contributed by atoms with van der Waals surface area (Å²) >= 11 is 0. The molecule has 10 atom stereocenters. The van der Waals surface area contributed by atoms with Crippen molar-refractivity contribution in [3.05, 3.63) is 47.5 Å². The van der Waals surface area contributed by atoms with Crippen molar-refractivity contribution in [1.29, 1.82) is 0 Å². The predicted octanol–water partition coefficient (Wildman–Crippen LogP) is -2.96. The lowest BCUT2D eigenvalue weighted by Gasteiger charge is -2.37. The summed E-state index contributed by atoms with van der Waals surface area (Å²) in [6.07, 6.45) is -13.6. The van der Waals surface area contributed by atoms with Gasteiger partial charge in [-0.05, 0) is 24.3 Å². The van der Waals surface area contributed by atoms with E-state index >= 15 is 0 Å². The van der Waals surface area contributed by atoms with Gasteiger partial charge in [0.05, 0.1) is 37.5 Å². The zero-order valence-electron chi connectivity index (χ0n) is 25.8. The van der Waals surface area contributed by atoms with Gasteiger partial charge in [-0.3, -0.25) is 4.79 Å². The topological polar surface area (TPSA) is 215 Å². The first kappa shape index (κ1) is 34.3. The zero-order chi connectivity index (χ0) is 34.1. The fourth-order valence-corrected chi connectivity index (χ4v) is 6.22. The lowest BCUT2D eigenvalue weighted by molar-refractivity contribution is -0.214. The number of hydrogen-bond donors (Lipinski definition) is 8. The number of rotatable bonds is 4. The number of aliphatic hydroxyl groups excluding tert-OH is 8. The quantitative estimate of drug-likeness (QED) is 0.131. The van der Waals surface area contributed by atoms with Crippen molar-refractivity contribution in [2.24, 2.45) is 0 Å². The first-order valence-corrected chi connectivity index (χ1v) is 15.7. The molecule has 1 amide bonds. The van der Waals surface area contributed by atoms with Gasteiger partial charge >= 0.3 is 0 Å². The first-order chi connectivity index (χ1) is 23.1. The van der Waals surface area contributed by atoms with E-state index in [1.54, 1.807) is 29.2 Å². The summed E-state index contributed by atoms with van der Waals surface area (Å²) < 4.78 is 18.3. The van der Waals surface area contributed by atoms with Gasteiger partial charge in [0.1, 0.15) is 67.6 Å². The van der Waals surface area contributed by atoms with Crippen LogP contribution in [0, 0.1) is 23.7 Å². The number of amides is 1. The summed E-state index contributed by atoms with van der Waals surface area (Å²) in [6.45, 7) is 0.654. The maximum absolute atomic E-state index is 13.5. The molecule has 0 bridgehead atoms. The standard InChI is InChI=1S/C34H38N2O12/c37-16-26-31(42)33(44)29(40)24(47-26)7-3-18-1-5-20-21-6-2-19(4-8-25-30(41)34(45)32(43)27(17-38)48-25)14-23(21)36(22(20)13-18)15-28(39)35-9-11-46-12-10-35/h1-2,5-6,13-14,24-27,29-34,37-38,40-45H,9-12,15-17H2/t24-,25-,26-,27-,29-,30-,31-,32-,33-,34-/m1/s1. The van der Waals surface area contributed by atoms with Crippen molar-refractivity contribution in [1.82, 2.24) is 9.47 Å². The molecule has 0 spiro atoms. The van der Waals surface area contributed by atoms with E-state index < -0.39 is 74.3 Å². The second-order valence-corrected chi connectivity index (χ2v) is 12.1. The molecule has 3 aliphatic rings. The van der Waals surface area contributed by atoms with E-state index in [9.17, 15) is 45.6 Å². The molecule has 0 saturated carbocycles. The van der Waals surface area contributed by atoms with E-state index in [4.69, 9.17) is 14.2 Å². The molecular formula is C34H38N2O12. The molecule has 14 nitrogen and oxygen atoms in total. The highest BCUT2D eigenvalue weighted by Gasteiger charge is 2.43. The molecule has 4 heterocycles. The Morgan fingerprint density at radius 1 is 0.688 bits per heavy atom. The van der Waals surface area contributed by atoms with Gasteiger partial charge in [-0.25, -0.2) is 0 Å². The van der Waals surface area contributed by atoms with Crippen molar-refractivity contribution in [2.75, 3.05) is 39.5 Å². The molecule has 3 saturated heterocycles. The molecule has 3 aromatic rings. The van der Waals surface area contributed by atoms with Crippen LogP contribution in [0.1, 0.15) is 11.1 Å². The molecule has 6 rings (SSSR count). The van der Waals surface area contributed by atoms with Crippen molar-refractivity contribution in [3.63, 3.8) is 0 Å². The van der Waals surface area contributed by atoms with Crippen LogP contribution in [-0.2, 0) is 25.5 Å². The first-order valence-electron chi connectivity index (χ1n) is 15.7. The van der Waals surface area contributed by atoms with Gasteiger partial charge in [0, 0.05) is 35.0 Å². The van der Waals surface area contributed by atoms with Crippen molar-refractivity contribution >= 4 is 27.7 Å². The average molecular weight is 667 g/mol. The molecule has 3 aliphatic heterocycles. The maximum atomic E-state index is 13.5. The van der Waals surface area contributed by atoms with Gasteiger partial charge in [0.15, 0.2) is 0 Å². The number of carbonyl (C=O) groups is 1. The number of carbonyl (C=O) groups excluding carboxylic acids is 1. The lowest BCUT2D eigenvalue weighted by atomic mass is 9.95. The van der Waals surface area contributed by atoms with Crippen molar-refractivity contribution < 1.29 is 59.9 Å². The third-order valence-electron chi connectivity index (χ3n) is 9.03. The van der Waals surface area contributed by atoms with Crippen LogP contribution in [-0.4, -0.2) is 157 Å². The number of nitrogens with zero attached hydrogens (tertiary/aromatic N) is 2. The Morgan fingerprint density at radius 2 is 1.15 bits per heavy atom. The van der Waals surface area contributed by atoms with Crippen LogP contribution in [0.15, 0.2) is 36.4 Å². The Kier molecular flexibility index (Phi) is 10.3. The van der Waals surface area contributed by atoms with Crippen LogP contribution in [0.4, 0.5) is 0 Å². The largest absolute Gasteiger partial charge is 0.394 e. The van der Waals surface area contributed by atoms with Crippen LogP contribution in [0.3, 0.4) is 0 Å². The Labute approximate surface area is 275 Å². The highest BCUT2D eigenvalue weighted by Crippen LogP contribution is 2.31. The lowest BCUT2D eigenvalue weighted by Crippen LogP contribution is -2.58. The highest BCUT2D eigenvalue weighted by molar-refractivity contribution is 6.09. The smallest absolute Gasteiger partial charge is 0.242 e. The van der Waals surface area contributed by atoms with E-state index in [1.165, 1.54) is 0 Å². The van der Waals surface area contributed by atoms with Crippen molar-refractivity contribution in [2.45, 2.75) is 67.6 Å². The molecule has 3 fully saturated rings. The third kappa shape index (κ3) is 6.66. The fraction of sp³-hybridized carbons (Fsp3) is 0.500. The summed E-state index contributed by atoms with van der Waals surface area (Å²) in [6, 6.07) is 10.8. The van der Waals surface area contributed by atoms with Crippen molar-refractivity contribution in [3.8, 4) is 23.7 Å². The normalized spacial score (nSPS) is 32.4. The Hall–Kier alpha value is -3.61. The number of ether oxygens (including phenoxy) is 3. The second-order valence-electron chi connectivity index (χ2n) is 12.1. The van der Waals surface area contributed by atoms with E-state index in [0.29, 0.717) is 48.5 Å². The second kappa shape index (κ2) is 14.5. The highest BCUT2D eigenvalue weighted by atomic mass is 16.6. The van der Waals surface area contributed by atoms with E-state index in [2.05, 4.69) is 23.7 Å². The summed E-state index contributed by atoms with van der Waals surface area (Å²) in [5.74, 6) is 11.3. The zero-order valence-corrected chi connectivity index (χ0v) is 25.8. The number of benzene rings is 2. The summed E-state index contributed by atoms with van der Waals surface area (Å²) in [5.41, 5.74) is 2.41. The molecular weight excluding hydrogens is 628 g/mol. The molecule has 0 radical (unpaired) electrons. The van der Waals surface area contributed by atoms with Gasteiger partial charge in [-0.1, -0.05) is 35.8 Å². The molecule has 1 aromatic heterocycles. The van der Waals surface area contributed by atoms with Gasteiger partial charge in [-0.2, -0.15) is 0 Å². The van der Waals surface area contributed by atoms with Crippen LogP contribution >= 0.6 is 0 Å². The summed E-state index contributed by atoms with van der Waals surface area (Å²) in [5, 5.41) is 81.9. The minimum atomic E-state index is -1.55. The van der Waals surface area contributed by atoms with E-state index in [-0.39, 0.29) is 12.5 Å². The average Bonchev–Trinajstić information content (AvgIpc) is 3.41. The number of hydrogen-bond acceptors (Lipinski definition) is 12. The van der Waals surface area contributed by atoms with Gasteiger partial charge in [0.2, 0.25) is 5.91 Å². The number of aliphatic hydroxyl groups is 8. The minimum Gasteiger partial charge on any atom is -0.394 e. The van der Waals surface area contributed by atoms with Gasteiger partial charge in [-0.15, -0.1) is 0 Å². The monoisotopic (exact) mass is 666 g/mol. The van der Waals surface area contributed by atoms with Gasteiger partial charge < -0.3 is 64.5 Å². The van der Waals surface area contributed by atoms with Gasteiger partial charge in [0.25, 0.3) is 0 Å². The minimum absolute atomic E-state index is 0.00676. The summed E-state index contributed by atoms with van der Waals surface area (Å²) in [4.78, 5) is 15.2. The Bertz CT molecular complexity index is 1650. The van der Waals surface area contributed by atoms with Crippen LogP contribution < -0.4 is 0 Å². The SMILES string of the molecule is O=C(Cn1c2cc(C#C[C@H]3O[C@H](CO)[C@@H](O)[C@H](O)[C@@H]3O)ccc2c2ccc(C#C[C@H]3O[C@H](CO)[C@@H](O)[C@H](O)[C@@H]3O)cc21)N1CCOCC1. The number of aromatic nitrogens is 1. The van der Waals surface area contributed by atoms with Crippen LogP contribution in [0.25, 0.3) is 21.8 Å². The maximum Gasteiger partial charge on any atom is 0.242 e. The summed E-state index contributed by atoms with van der Waals surface area (Å²) in [7, 11) is 0. The molecule has 256 valence electrons. The van der Waals surface area contributed by atoms with E-state index in [1.807, 2.05) is 16.7 Å². The predicted molar refractivity (Wildman–Crippen MR) is 168 cm³/mol. The van der Waals surface area contributed by atoms with E-state index in [0.717, 1.165) is 10.8 Å². The van der Waals surface area contributed by atoms with Crippen LogP contribution in [0.2, 0.25) is 0 Å². The third-order valence-corrected chi connectivity index (χ3v) is 9.03. The molecule has 0 unspecified atom stereocenters. The molecule has 8 N–H and O–H groups in total. The molecule has 48 heavy (non-hydrogen) atoms. The Balaban J connectivity index is 1.37. The molecule has 14 heteroatoms. The van der Waals surface area contributed by atoms with Crippen LogP contribution in [0.5, 0.6) is 0 Å². The fourth-order valence-electron chi connectivity index (χ4n) is 6.22. The Morgan fingerprint density at radius 3 is 1.58 bits per heavy atom.